The Bertz CT molecular complexity index is 644. The van der Waals surface area contributed by atoms with Crippen molar-refractivity contribution in [3.05, 3.63) is 40.0 Å². The lowest BCUT2D eigenvalue weighted by atomic mass is 10.2. The first-order chi connectivity index (χ1) is 10.0. The summed E-state index contributed by atoms with van der Waals surface area (Å²) in [4.78, 5) is 10.3. The van der Waals surface area contributed by atoms with Gasteiger partial charge in [-0.15, -0.1) is 10.2 Å². The van der Waals surface area contributed by atoms with Crippen molar-refractivity contribution in [3.63, 3.8) is 0 Å². The number of nitro groups is 1. The van der Waals surface area contributed by atoms with Gasteiger partial charge in [-0.1, -0.05) is 6.92 Å². The maximum absolute atomic E-state index is 13.1. The Balaban J connectivity index is 2.31. The predicted molar refractivity (Wildman–Crippen MR) is 73.1 cm³/mol. The summed E-state index contributed by atoms with van der Waals surface area (Å²) in [7, 11) is 0. The molecule has 1 aromatic carbocycles. The van der Waals surface area contributed by atoms with Gasteiger partial charge in [0.05, 0.1) is 17.0 Å². The van der Waals surface area contributed by atoms with Gasteiger partial charge in [-0.3, -0.25) is 10.1 Å². The second-order valence-electron chi connectivity index (χ2n) is 4.54. The first-order valence-corrected chi connectivity index (χ1v) is 6.54. The smallest absolute Gasteiger partial charge is 0.285 e. The third-order valence-corrected chi connectivity index (χ3v) is 2.90. The van der Waals surface area contributed by atoms with E-state index >= 15 is 0 Å². The number of aromatic nitrogens is 2. The van der Waals surface area contributed by atoms with E-state index in [0.29, 0.717) is 5.89 Å². The molecule has 0 saturated heterocycles. The highest BCUT2D eigenvalue weighted by molar-refractivity contribution is 5.66. The van der Waals surface area contributed by atoms with E-state index in [2.05, 4.69) is 15.5 Å². The monoisotopic (exact) mass is 294 g/mol. The third-order valence-electron chi connectivity index (χ3n) is 2.90. The molecule has 112 valence electrons. The Hall–Kier alpha value is -2.35. The molecule has 21 heavy (non-hydrogen) atoms. The molecule has 0 aliphatic carbocycles. The Morgan fingerprint density at radius 3 is 2.90 bits per heavy atom. The van der Waals surface area contributed by atoms with Crippen molar-refractivity contribution in [1.29, 1.82) is 0 Å². The fourth-order valence-corrected chi connectivity index (χ4v) is 1.80. The highest BCUT2D eigenvalue weighted by Gasteiger charge is 2.22. The van der Waals surface area contributed by atoms with E-state index in [9.17, 15) is 14.5 Å². The van der Waals surface area contributed by atoms with E-state index in [0.717, 1.165) is 25.1 Å². The van der Waals surface area contributed by atoms with Crippen LogP contribution in [0.15, 0.2) is 22.6 Å². The van der Waals surface area contributed by atoms with Gasteiger partial charge in [-0.25, -0.2) is 4.39 Å². The lowest BCUT2D eigenvalue weighted by Gasteiger charge is -2.07. The number of hydrogen-bond donors (Lipinski definition) is 1. The molecular formula is C13H15FN4O3. The van der Waals surface area contributed by atoms with Crippen LogP contribution >= 0.6 is 0 Å². The molecule has 1 heterocycles. The molecule has 0 bridgehead atoms. The number of nitrogens with one attached hydrogen (secondary N) is 1. The minimum Gasteiger partial charge on any atom is -0.419 e. The summed E-state index contributed by atoms with van der Waals surface area (Å²) in [5.41, 5.74) is -0.304. The Kier molecular flexibility index (Phi) is 4.59. The highest BCUT2D eigenvalue weighted by Crippen LogP contribution is 2.30. The summed E-state index contributed by atoms with van der Waals surface area (Å²) in [6.45, 7) is 4.67. The summed E-state index contributed by atoms with van der Waals surface area (Å²) in [5.74, 6) is -0.359. The topological polar surface area (TPSA) is 94.1 Å². The molecule has 1 atom stereocenters. The molecule has 0 aliphatic heterocycles. The van der Waals surface area contributed by atoms with Crippen molar-refractivity contribution in [3.8, 4) is 11.5 Å². The minimum absolute atomic E-state index is 0.00171. The van der Waals surface area contributed by atoms with Gasteiger partial charge in [0.25, 0.3) is 11.6 Å². The quantitative estimate of drug-likeness (QED) is 0.650. The van der Waals surface area contributed by atoms with Crippen molar-refractivity contribution in [2.24, 2.45) is 0 Å². The van der Waals surface area contributed by atoms with Gasteiger partial charge in [0.1, 0.15) is 11.4 Å². The molecule has 0 spiro atoms. The number of nitro benzene ring substituents is 1. The molecule has 1 N–H and O–H groups in total. The molecule has 0 aliphatic rings. The standard InChI is InChI=1S/C13H15FN4O3/c1-3-6-15-8(2)12-16-17-13(21-12)10-5-4-9(14)7-11(10)18(19)20/h4-5,7-8,15H,3,6H2,1-2H3. The fourth-order valence-electron chi connectivity index (χ4n) is 1.80. The van der Waals surface area contributed by atoms with Crippen LogP contribution in [0.3, 0.4) is 0 Å². The molecule has 0 fully saturated rings. The number of halogens is 1. The van der Waals surface area contributed by atoms with Gasteiger partial charge in [-0.05, 0) is 32.0 Å². The molecule has 0 amide bonds. The van der Waals surface area contributed by atoms with E-state index in [-0.39, 0.29) is 17.5 Å². The molecule has 2 rings (SSSR count). The largest absolute Gasteiger partial charge is 0.419 e. The van der Waals surface area contributed by atoms with Crippen LogP contribution in [0.4, 0.5) is 10.1 Å². The van der Waals surface area contributed by atoms with Crippen molar-refractivity contribution < 1.29 is 13.7 Å². The SMILES string of the molecule is CCCNC(C)c1nnc(-c2ccc(F)cc2[N+](=O)[O-])o1. The number of benzene rings is 1. The zero-order chi connectivity index (χ0) is 15.4. The number of hydrogen-bond acceptors (Lipinski definition) is 6. The lowest BCUT2D eigenvalue weighted by Crippen LogP contribution is -2.19. The normalized spacial score (nSPS) is 12.3. The zero-order valence-corrected chi connectivity index (χ0v) is 11.7. The van der Waals surface area contributed by atoms with E-state index in [1.54, 1.807) is 0 Å². The first kappa shape index (κ1) is 15.0. The Labute approximate surface area is 120 Å². The molecule has 1 aromatic heterocycles. The van der Waals surface area contributed by atoms with Crippen LogP contribution in [0.2, 0.25) is 0 Å². The van der Waals surface area contributed by atoms with E-state index in [1.165, 1.54) is 6.07 Å². The number of nitrogens with zero attached hydrogens (tertiary/aromatic N) is 3. The van der Waals surface area contributed by atoms with Crippen LogP contribution < -0.4 is 5.32 Å². The molecule has 0 saturated carbocycles. The average Bonchev–Trinajstić information content (AvgIpc) is 2.94. The van der Waals surface area contributed by atoms with Crippen LogP contribution in [-0.2, 0) is 0 Å². The van der Waals surface area contributed by atoms with Crippen LogP contribution in [0.25, 0.3) is 11.5 Å². The van der Waals surface area contributed by atoms with E-state index in [4.69, 9.17) is 4.42 Å². The van der Waals surface area contributed by atoms with Gasteiger partial charge in [0.15, 0.2) is 0 Å². The van der Waals surface area contributed by atoms with Crippen LogP contribution in [0.5, 0.6) is 0 Å². The zero-order valence-electron chi connectivity index (χ0n) is 11.7. The van der Waals surface area contributed by atoms with Gasteiger partial charge < -0.3 is 9.73 Å². The van der Waals surface area contributed by atoms with Gasteiger partial charge in [0.2, 0.25) is 5.89 Å². The summed E-state index contributed by atoms with van der Waals surface area (Å²) < 4.78 is 18.6. The van der Waals surface area contributed by atoms with Crippen molar-refractivity contribution in [2.75, 3.05) is 6.54 Å². The van der Waals surface area contributed by atoms with Gasteiger partial charge in [-0.2, -0.15) is 0 Å². The second-order valence-corrected chi connectivity index (χ2v) is 4.54. The predicted octanol–water partition coefficient (Wildman–Crippen LogP) is 2.84. The maximum Gasteiger partial charge on any atom is 0.285 e. The summed E-state index contributed by atoms with van der Waals surface area (Å²) in [6, 6.07) is 3.04. The summed E-state index contributed by atoms with van der Waals surface area (Å²) in [5, 5.41) is 21.8. The van der Waals surface area contributed by atoms with Crippen LogP contribution in [0, 0.1) is 15.9 Å². The molecule has 7 nitrogen and oxygen atoms in total. The highest BCUT2D eigenvalue weighted by atomic mass is 19.1. The molecule has 8 heteroatoms. The summed E-state index contributed by atoms with van der Waals surface area (Å²) in [6.07, 6.45) is 0.953. The van der Waals surface area contributed by atoms with Gasteiger partial charge >= 0.3 is 0 Å². The van der Waals surface area contributed by atoms with Crippen molar-refractivity contribution >= 4 is 5.69 Å². The molecular weight excluding hydrogens is 279 g/mol. The lowest BCUT2D eigenvalue weighted by molar-refractivity contribution is -0.384. The molecule has 1 unspecified atom stereocenters. The van der Waals surface area contributed by atoms with Crippen molar-refractivity contribution in [2.45, 2.75) is 26.3 Å². The number of rotatable bonds is 6. The Morgan fingerprint density at radius 1 is 1.48 bits per heavy atom. The Morgan fingerprint density at radius 2 is 2.24 bits per heavy atom. The van der Waals surface area contributed by atoms with Crippen LogP contribution in [0.1, 0.15) is 32.2 Å². The van der Waals surface area contributed by atoms with Crippen LogP contribution in [-0.4, -0.2) is 21.7 Å². The average molecular weight is 294 g/mol. The van der Waals surface area contributed by atoms with E-state index < -0.39 is 16.4 Å². The minimum atomic E-state index is -0.692. The maximum atomic E-state index is 13.1. The van der Waals surface area contributed by atoms with E-state index in [1.807, 2.05) is 13.8 Å². The fraction of sp³-hybridized carbons (Fsp3) is 0.385. The van der Waals surface area contributed by atoms with Crippen molar-refractivity contribution in [1.82, 2.24) is 15.5 Å². The first-order valence-electron chi connectivity index (χ1n) is 6.54. The second kappa shape index (κ2) is 6.40. The van der Waals surface area contributed by atoms with Gasteiger partial charge in [0, 0.05) is 0 Å². The molecule has 2 aromatic rings. The summed E-state index contributed by atoms with van der Waals surface area (Å²) >= 11 is 0. The molecule has 0 radical (unpaired) electrons. The third kappa shape index (κ3) is 3.40.